The van der Waals surface area contributed by atoms with Crippen LogP contribution in [0.15, 0.2) is 22.7 Å². The van der Waals surface area contributed by atoms with Crippen LogP contribution in [0.5, 0.6) is 0 Å². The molecule has 0 fully saturated rings. The third-order valence-electron chi connectivity index (χ3n) is 3.54. The lowest BCUT2D eigenvalue weighted by molar-refractivity contribution is 0.0510. The molecule has 0 saturated heterocycles. The summed E-state index contributed by atoms with van der Waals surface area (Å²) in [5.41, 5.74) is 1.35. The van der Waals surface area contributed by atoms with Gasteiger partial charge >= 0.3 is 6.09 Å². The van der Waals surface area contributed by atoms with E-state index in [9.17, 15) is 9.90 Å². The fraction of sp³-hybridized carbons (Fsp3) is 0.529. The van der Waals surface area contributed by atoms with Gasteiger partial charge in [0.15, 0.2) is 0 Å². The number of aromatic nitrogens is 2. The van der Waals surface area contributed by atoms with Gasteiger partial charge < -0.3 is 19.7 Å². The molecule has 1 unspecified atom stereocenters. The molecule has 0 aliphatic carbocycles. The van der Waals surface area contributed by atoms with Gasteiger partial charge in [0.05, 0.1) is 11.0 Å². The van der Waals surface area contributed by atoms with Crippen LogP contribution in [0.3, 0.4) is 0 Å². The third-order valence-corrected chi connectivity index (χ3v) is 4.18. The number of imidazole rings is 1. The zero-order valence-corrected chi connectivity index (χ0v) is 16.1. The SMILES string of the molecule is Cc1nc2cccc(Br)c2n1CC(CO)CNC(=O)OC(C)(C)C. The van der Waals surface area contributed by atoms with E-state index >= 15 is 0 Å². The summed E-state index contributed by atoms with van der Waals surface area (Å²) >= 11 is 3.56. The van der Waals surface area contributed by atoms with Gasteiger partial charge in [-0.25, -0.2) is 9.78 Å². The van der Waals surface area contributed by atoms with Crippen LogP contribution in [0.4, 0.5) is 4.79 Å². The topological polar surface area (TPSA) is 76.4 Å². The Kier molecular flexibility index (Phi) is 5.87. The molecule has 0 radical (unpaired) electrons. The lowest BCUT2D eigenvalue weighted by atomic mass is 10.1. The van der Waals surface area contributed by atoms with E-state index in [4.69, 9.17) is 4.74 Å². The first-order valence-corrected chi connectivity index (χ1v) is 8.69. The Hall–Kier alpha value is -1.60. The summed E-state index contributed by atoms with van der Waals surface area (Å²) in [5.74, 6) is 0.730. The van der Waals surface area contributed by atoms with Crippen molar-refractivity contribution >= 4 is 33.1 Å². The van der Waals surface area contributed by atoms with Crippen molar-refractivity contribution in [3.05, 3.63) is 28.5 Å². The summed E-state index contributed by atoms with van der Waals surface area (Å²) in [4.78, 5) is 16.3. The van der Waals surface area contributed by atoms with E-state index in [1.54, 1.807) is 0 Å². The van der Waals surface area contributed by atoms with Crippen LogP contribution in [-0.4, -0.2) is 39.5 Å². The van der Waals surface area contributed by atoms with E-state index in [0.717, 1.165) is 21.3 Å². The minimum atomic E-state index is -0.541. The van der Waals surface area contributed by atoms with E-state index in [1.807, 2.05) is 45.9 Å². The van der Waals surface area contributed by atoms with Crippen molar-refractivity contribution in [1.82, 2.24) is 14.9 Å². The quantitative estimate of drug-likeness (QED) is 0.811. The molecule has 6 nitrogen and oxygen atoms in total. The van der Waals surface area contributed by atoms with Crippen LogP contribution in [0.25, 0.3) is 11.0 Å². The third kappa shape index (κ3) is 4.70. The zero-order valence-electron chi connectivity index (χ0n) is 14.5. The Morgan fingerprint density at radius 1 is 1.46 bits per heavy atom. The largest absolute Gasteiger partial charge is 0.444 e. The molecule has 0 aliphatic rings. The van der Waals surface area contributed by atoms with Crippen LogP contribution in [0.2, 0.25) is 0 Å². The standard InChI is InChI=1S/C17H24BrN3O3/c1-11-20-14-7-5-6-13(18)15(14)21(11)9-12(10-22)8-19-16(23)24-17(2,3)4/h5-7,12,22H,8-10H2,1-4H3,(H,19,23). The summed E-state index contributed by atoms with van der Waals surface area (Å²) < 4.78 is 8.23. The highest BCUT2D eigenvalue weighted by molar-refractivity contribution is 9.10. The van der Waals surface area contributed by atoms with Crippen LogP contribution in [-0.2, 0) is 11.3 Å². The van der Waals surface area contributed by atoms with Crippen LogP contribution in [0.1, 0.15) is 26.6 Å². The molecular weight excluding hydrogens is 374 g/mol. The molecule has 24 heavy (non-hydrogen) atoms. The number of halogens is 1. The lowest BCUT2D eigenvalue weighted by Gasteiger charge is -2.22. The zero-order chi connectivity index (χ0) is 17.9. The number of rotatable bonds is 5. The molecule has 0 saturated carbocycles. The Balaban J connectivity index is 2.08. The van der Waals surface area contributed by atoms with Gasteiger partial charge in [0.25, 0.3) is 0 Å². The maximum atomic E-state index is 11.8. The van der Waals surface area contributed by atoms with Gasteiger partial charge in [-0.1, -0.05) is 6.07 Å². The number of fused-ring (bicyclic) bond motifs is 1. The van der Waals surface area contributed by atoms with Gasteiger partial charge in [0.2, 0.25) is 0 Å². The monoisotopic (exact) mass is 397 g/mol. The predicted molar refractivity (Wildman–Crippen MR) is 97.0 cm³/mol. The van der Waals surface area contributed by atoms with Crippen molar-refractivity contribution in [3.63, 3.8) is 0 Å². The van der Waals surface area contributed by atoms with Crippen LogP contribution >= 0.6 is 15.9 Å². The fourth-order valence-corrected chi connectivity index (χ4v) is 3.04. The van der Waals surface area contributed by atoms with Crippen molar-refractivity contribution in [2.45, 2.75) is 39.8 Å². The van der Waals surface area contributed by atoms with Crippen molar-refractivity contribution in [2.24, 2.45) is 5.92 Å². The van der Waals surface area contributed by atoms with Crippen molar-refractivity contribution in [2.75, 3.05) is 13.2 Å². The normalized spacial score (nSPS) is 13.1. The second-order valence-corrected chi connectivity index (χ2v) is 7.66. The number of aliphatic hydroxyl groups is 1. The Labute approximate surface area is 150 Å². The van der Waals surface area contributed by atoms with E-state index in [-0.39, 0.29) is 12.5 Å². The van der Waals surface area contributed by atoms with Gasteiger partial charge in [-0.3, -0.25) is 0 Å². The molecule has 2 aromatic rings. The number of amides is 1. The predicted octanol–water partition coefficient (Wildman–Crippen LogP) is 3.24. The van der Waals surface area contributed by atoms with E-state index < -0.39 is 11.7 Å². The number of carbonyl (C=O) groups is 1. The van der Waals surface area contributed by atoms with Gasteiger partial charge in [-0.05, 0) is 55.8 Å². The van der Waals surface area contributed by atoms with E-state index in [1.165, 1.54) is 0 Å². The number of aryl methyl sites for hydroxylation is 1. The van der Waals surface area contributed by atoms with Gasteiger partial charge in [0.1, 0.15) is 11.4 Å². The Bertz CT molecular complexity index is 722. The molecule has 0 bridgehead atoms. The molecular formula is C17H24BrN3O3. The van der Waals surface area contributed by atoms with Gasteiger partial charge in [-0.2, -0.15) is 0 Å². The molecule has 2 rings (SSSR count). The van der Waals surface area contributed by atoms with Crippen molar-refractivity contribution in [3.8, 4) is 0 Å². The first-order valence-electron chi connectivity index (χ1n) is 7.90. The molecule has 1 amide bonds. The fourth-order valence-electron chi connectivity index (χ4n) is 2.47. The van der Waals surface area contributed by atoms with Crippen molar-refractivity contribution in [1.29, 1.82) is 0 Å². The summed E-state index contributed by atoms with van der Waals surface area (Å²) in [6, 6.07) is 5.86. The smallest absolute Gasteiger partial charge is 0.407 e. The number of benzene rings is 1. The highest BCUT2D eigenvalue weighted by Gasteiger charge is 2.19. The molecule has 132 valence electrons. The maximum Gasteiger partial charge on any atom is 0.407 e. The van der Waals surface area contributed by atoms with Gasteiger partial charge in [0, 0.05) is 30.1 Å². The number of aliphatic hydroxyl groups excluding tert-OH is 1. The summed E-state index contributed by atoms with van der Waals surface area (Å²) in [5, 5.41) is 12.4. The van der Waals surface area contributed by atoms with Crippen LogP contribution < -0.4 is 5.32 Å². The second kappa shape index (κ2) is 7.53. The van der Waals surface area contributed by atoms with Gasteiger partial charge in [-0.15, -0.1) is 0 Å². The molecule has 1 aromatic heterocycles. The molecule has 7 heteroatoms. The molecule has 0 spiro atoms. The number of nitrogens with one attached hydrogen (secondary N) is 1. The number of alkyl carbamates (subject to hydrolysis) is 1. The average Bonchev–Trinajstić information content (AvgIpc) is 2.78. The summed E-state index contributed by atoms with van der Waals surface area (Å²) in [7, 11) is 0. The molecule has 1 atom stereocenters. The maximum absolute atomic E-state index is 11.8. The van der Waals surface area contributed by atoms with E-state index in [2.05, 4.69) is 30.8 Å². The molecule has 0 aliphatic heterocycles. The first kappa shape index (κ1) is 18.7. The summed E-state index contributed by atoms with van der Waals surface area (Å²) in [6.45, 7) is 8.21. The Morgan fingerprint density at radius 2 is 2.17 bits per heavy atom. The van der Waals surface area contributed by atoms with E-state index in [0.29, 0.717) is 13.1 Å². The average molecular weight is 398 g/mol. The number of nitrogens with zero attached hydrogens (tertiary/aromatic N) is 2. The highest BCUT2D eigenvalue weighted by atomic mass is 79.9. The minimum Gasteiger partial charge on any atom is -0.444 e. The first-order chi connectivity index (χ1) is 11.2. The molecule has 2 N–H and O–H groups in total. The lowest BCUT2D eigenvalue weighted by Crippen LogP contribution is -2.37. The molecule has 1 aromatic carbocycles. The number of ether oxygens (including phenoxy) is 1. The number of para-hydroxylation sites is 1. The highest BCUT2D eigenvalue weighted by Crippen LogP contribution is 2.25. The molecule has 1 heterocycles. The summed E-state index contributed by atoms with van der Waals surface area (Å²) in [6.07, 6.45) is -0.477. The second-order valence-electron chi connectivity index (χ2n) is 6.81. The number of hydrogen-bond donors (Lipinski definition) is 2. The van der Waals surface area contributed by atoms with Crippen LogP contribution in [0, 0.1) is 12.8 Å². The van der Waals surface area contributed by atoms with Crippen molar-refractivity contribution < 1.29 is 14.6 Å². The minimum absolute atomic E-state index is 0.0423. The number of hydrogen-bond acceptors (Lipinski definition) is 4. The Morgan fingerprint density at radius 3 is 2.79 bits per heavy atom. The number of carbonyl (C=O) groups excluding carboxylic acids is 1.